The lowest BCUT2D eigenvalue weighted by Crippen LogP contribution is -2.39. The number of rotatable bonds is 6. The number of hydrogen-bond acceptors (Lipinski definition) is 9. The Bertz CT molecular complexity index is 1650. The zero-order chi connectivity index (χ0) is 27.1. The van der Waals surface area contributed by atoms with E-state index in [1.165, 1.54) is 30.1 Å². The van der Waals surface area contributed by atoms with Crippen LogP contribution in [0, 0.1) is 0 Å². The second-order valence-corrected chi connectivity index (χ2v) is 10.3. The number of fused-ring (bicyclic) bond motifs is 2. The van der Waals surface area contributed by atoms with Crippen LogP contribution < -0.4 is 33.8 Å². The molecule has 198 valence electrons. The number of nitrogens with zero attached hydrogens (tertiary/aromatic N) is 2. The number of thiazole rings is 1. The summed E-state index contributed by atoms with van der Waals surface area (Å²) < 4.78 is 29.2. The fourth-order valence-electron chi connectivity index (χ4n) is 4.40. The van der Waals surface area contributed by atoms with Crippen molar-refractivity contribution in [2.75, 3.05) is 21.0 Å². The fraction of sp³-hybridized carbons (Fsp3) is 0.296. The van der Waals surface area contributed by atoms with Crippen LogP contribution in [0.3, 0.4) is 0 Å². The number of esters is 1. The van der Waals surface area contributed by atoms with E-state index < -0.39 is 12.0 Å². The van der Waals surface area contributed by atoms with Gasteiger partial charge in [0.15, 0.2) is 27.8 Å². The van der Waals surface area contributed by atoms with Crippen molar-refractivity contribution in [1.29, 1.82) is 0 Å². The summed E-state index contributed by atoms with van der Waals surface area (Å²) in [7, 11) is 2.84. The number of benzene rings is 2. The molecule has 5 rings (SSSR count). The molecular weight excluding hydrogens is 532 g/mol. The number of halogens is 1. The molecule has 1 atom stereocenters. The minimum absolute atomic E-state index is 0.0665. The normalized spacial score (nSPS) is 16.4. The van der Waals surface area contributed by atoms with Crippen LogP contribution in [0.4, 0.5) is 0 Å². The molecule has 2 aliphatic heterocycles. The zero-order valence-electron chi connectivity index (χ0n) is 21.4. The van der Waals surface area contributed by atoms with Crippen LogP contribution in [0.15, 0.2) is 51.4 Å². The van der Waals surface area contributed by atoms with Gasteiger partial charge in [-0.05, 0) is 56.2 Å². The van der Waals surface area contributed by atoms with Crippen LogP contribution in [-0.4, -0.2) is 37.7 Å². The predicted molar refractivity (Wildman–Crippen MR) is 142 cm³/mol. The standard InChI is InChI=1S/C27H25ClN2O7S/c1-13(2)37-18-7-6-15(8-19(18)33-4)24-23(26(32)34-5)14(3)29-27-30(24)25(31)22(38-27)10-16-9-20-21(11-17(16)28)36-12-35-20/h6-11,13,24H,12H2,1-5H3/b22-10+. The highest BCUT2D eigenvalue weighted by Gasteiger charge is 2.33. The molecule has 3 heterocycles. The van der Waals surface area contributed by atoms with E-state index in [1.807, 2.05) is 13.8 Å². The van der Waals surface area contributed by atoms with Crippen molar-refractivity contribution in [3.63, 3.8) is 0 Å². The van der Waals surface area contributed by atoms with Gasteiger partial charge in [0.1, 0.15) is 0 Å². The Labute approximate surface area is 227 Å². The van der Waals surface area contributed by atoms with Crippen LogP contribution in [0.25, 0.3) is 6.08 Å². The maximum atomic E-state index is 13.8. The summed E-state index contributed by atoms with van der Waals surface area (Å²) in [4.78, 5) is 31.8. The van der Waals surface area contributed by atoms with Crippen LogP contribution in [0.5, 0.6) is 23.0 Å². The molecule has 0 N–H and O–H groups in total. The molecule has 38 heavy (non-hydrogen) atoms. The lowest BCUT2D eigenvalue weighted by Gasteiger charge is -2.25. The molecule has 11 heteroatoms. The summed E-state index contributed by atoms with van der Waals surface area (Å²) in [6.45, 7) is 5.66. The third-order valence-corrected chi connectivity index (χ3v) is 7.38. The van der Waals surface area contributed by atoms with Crippen molar-refractivity contribution >= 4 is 35.0 Å². The number of carbonyl (C=O) groups is 1. The average Bonchev–Trinajstić information content (AvgIpc) is 3.46. The third-order valence-electron chi connectivity index (χ3n) is 6.07. The van der Waals surface area contributed by atoms with Gasteiger partial charge in [-0.2, -0.15) is 0 Å². The summed E-state index contributed by atoms with van der Waals surface area (Å²) in [5, 5.41) is 0.411. The zero-order valence-corrected chi connectivity index (χ0v) is 22.9. The topological polar surface area (TPSA) is 97.6 Å². The molecule has 0 spiro atoms. The van der Waals surface area contributed by atoms with Crippen molar-refractivity contribution in [2.24, 2.45) is 4.99 Å². The summed E-state index contributed by atoms with van der Waals surface area (Å²) >= 11 is 7.66. The first-order chi connectivity index (χ1) is 18.2. The smallest absolute Gasteiger partial charge is 0.338 e. The van der Waals surface area contributed by atoms with Gasteiger partial charge in [-0.15, -0.1) is 0 Å². The molecule has 2 aromatic carbocycles. The van der Waals surface area contributed by atoms with Crippen LogP contribution in [-0.2, 0) is 9.53 Å². The Morgan fingerprint density at radius 2 is 1.92 bits per heavy atom. The molecule has 1 unspecified atom stereocenters. The van der Waals surface area contributed by atoms with Crippen LogP contribution in [0.2, 0.25) is 5.02 Å². The average molecular weight is 557 g/mol. The minimum atomic E-state index is -0.796. The molecule has 0 bridgehead atoms. The Hall–Kier alpha value is -3.76. The predicted octanol–water partition coefficient (Wildman–Crippen LogP) is 3.59. The molecule has 0 amide bonds. The highest BCUT2D eigenvalue weighted by molar-refractivity contribution is 7.07. The summed E-state index contributed by atoms with van der Waals surface area (Å²) in [6.07, 6.45) is 1.62. The van der Waals surface area contributed by atoms with E-state index in [4.69, 9.17) is 35.3 Å². The van der Waals surface area contributed by atoms with Gasteiger partial charge in [0.25, 0.3) is 5.56 Å². The molecule has 0 saturated heterocycles. The van der Waals surface area contributed by atoms with Crippen molar-refractivity contribution in [2.45, 2.75) is 32.9 Å². The first kappa shape index (κ1) is 25.9. The molecule has 0 fully saturated rings. The maximum absolute atomic E-state index is 13.8. The maximum Gasteiger partial charge on any atom is 0.338 e. The van der Waals surface area contributed by atoms with Gasteiger partial charge in [0.2, 0.25) is 6.79 Å². The number of ether oxygens (including phenoxy) is 5. The molecule has 0 aliphatic carbocycles. The Morgan fingerprint density at radius 1 is 1.18 bits per heavy atom. The number of aromatic nitrogens is 1. The molecule has 1 aromatic heterocycles. The Kier molecular flexibility index (Phi) is 6.93. The second kappa shape index (κ2) is 10.2. The van der Waals surface area contributed by atoms with E-state index in [9.17, 15) is 9.59 Å². The van der Waals surface area contributed by atoms with Crippen molar-refractivity contribution in [3.8, 4) is 23.0 Å². The number of allylic oxidation sites excluding steroid dienone is 1. The molecule has 9 nitrogen and oxygen atoms in total. The molecule has 2 aliphatic rings. The fourth-order valence-corrected chi connectivity index (χ4v) is 5.64. The van der Waals surface area contributed by atoms with Gasteiger partial charge in [-0.3, -0.25) is 9.36 Å². The molecule has 0 saturated carbocycles. The lowest BCUT2D eigenvalue weighted by atomic mass is 9.95. The van der Waals surface area contributed by atoms with E-state index in [2.05, 4.69) is 4.99 Å². The van der Waals surface area contributed by atoms with Gasteiger partial charge in [0.05, 0.1) is 47.2 Å². The summed E-state index contributed by atoms with van der Waals surface area (Å²) in [5.74, 6) is 1.54. The highest BCUT2D eigenvalue weighted by atomic mass is 35.5. The van der Waals surface area contributed by atoms with E-state index in [0.29, 0.717) is 54.2 Å². The summed E-state index contributed by atoms with van der Waals surface area (Å²) in [6, 6.07) is 7.91. The number of methoxy groups -OCH3 is 2. The monoisotopic (exact) mass is 556 g/mol. The van der Waals surface area contributed by atoms with E-state index in [1.54, 1.807) is 43.3 Å². The van der Waals surface area contributed by atoms with Crippen molar-refractivity contribution in [1.82, 2.24) is 4.57 Å². The van der Waals surface area contributed by atoms with E-state index in [-0.39, 0.29) is 24.0 Å². The highest BCUT2D eigenvalue weighted by Crippen LogP contribution is 2.38. The number of carbonyl (C=O) groups excluding carboxylic acids is 1. The quantitative estimate of drug-likeness (QED) is 0.428. The minimum Gasteiger partial charge on any atom is -0.493 e. The summed E-state index contributed by atoms with van der Waals surface area (Å²) in [5.41, 5.74) is 1.62. The van der Waals surface area contributed by atoms with Gasteiger partial charge < -0.3 is 23.7 Å². The Balaban J connectivity index is 1.70. The van der Waals surface area contributed by atoms with E-state index in [0.717, 1.165) is 0 Å². The van der Waals surface area contributed by atoms with Crippen LogP contribution >= 0.6 is 22.9 Å². The Morgan fingerprint density at radius 3 is 2.61 bits per heavy atom. The first-order valence-corrected chi connectivity index (χ1v) is 13.0. The van der Waals surface area contributed by atoms with E-state index >= 15 is 0 Å². The van der Waals surface area contributed by atoms with Gasteiger partial charge in [-0.1, -0.05) is 29.0 Å². The van der Waals surface area contributed by atoms with Crippen molar-refractivity contribution in [3.05, 3.63) is 77.4 Å². The second-order valence-electron chi connectivity index (χ2n) is 8.88. The molecule has 3 aromatic rings. The largest absolute Gasteiger partial charge is 0.493 e. The van der Waals surface area contributed by atoms with Gasteiger partial charge in [0, 0.05) is 6.07 Å². The SMILES string of the molecule is COC(=O)C1=C(C)N=c2s/c(=C/c3cc4c(cc3Cl)OCO4)c(=O)n2C1c1ccc(OC(C)C)c(OC)c1. The molecule has 0 radical (unpaired) electrons. The van der Waals surface area contributed by atoms with Crippen LogP contribution in [0.1, 0.15) is 37.9 Å². The molecular formula is C27H25ClN2O7S. The van der Waals surface area contributed by atoms with Gasteiger partial charge in [-0.25, -0.2) is 9.79 Å². The lowest BCUT2D eigenvalue weighted by molar-refractivity contribution is -0.136. The first-order valence-electron chi connectivity index (χ1n) is 11.8. The van der Waals surface area contributed by atoms with Gasteiger partial charge >= 0.3 is 5.97 Å². The number of hydrogen-bond donors (Lipinski definition) is 0. The van der Waals surface area contributed by atoms with Crippen molar-refractivity contribution < 1.29 is 28.5 Å². The third kappa shape index (κ3) is 4.54.